The van der Waals surface area contributed by atoms with Crippen LogP contribution in [0.25, 0.3) is 0 Å². The molecule has 5 aliphatic heterocycles. The SMILES string of the molecule is C[C@@H]1O[C@@H](O[C@H]2[C@H](O[C@H]3CC[C@@]4(C)C(CC[C@]5(C)C4CC=C4[C@@H]6CC(C)(C)CC[C@]6(C(=O)O[C@@H]6O[C@H](CO[C@@H]7O[C@H](CO)[C@@H](O)[C@H](O)[C@H]7O)[C@@H](O)[C@H](O)[C@H]6O)CC[C@]45C)C3(C)C)OC[C@@H](O)[C@@H]2O)[C@H](O)[C@H](O[C@@H]2O[C@H](CO)[C@@H](O)[C@H](O)[C@H]2O)[C@H]1O. The largest absolute Gasteiger partial charge is 0.432 e. The van der Waals surface area contributed by atoms with E-state index in [0.29, 0.717) is 38.5 Å². The standard InChI is InChI=1S/C59H96O26/c1-24-34(63)46(83-49-43(72)40(69)37(66)29(21-61)80-49)45(74)51(78-24)84-47-35(64)27(62)22-76-52(47)82-33-12-13-56(6)31(55(33,4)5)11-14-58(8)32(56)10-9-25-26-19-54(2,3)15-17-59(26,18-16-57(25,58)7)53(75)85-50-44(73)41(70)38(67)30(81-50)23-77-48-42(71)39(68)36(65)28(20-60)79-48/h9,24,26-52,60-74H,10-23H2,1-8H3/t24-,26-,27+,28+,29+,30+,31?,32?,33-,34-,35-,36+,37+,38+,39-,40-,41-,42+,43+,44+,45+,46+,47+,48+,49-,50-,51-,52-,56-,57+,58+,59-/m0/s1. The zero-order valence-corrected chi connectivity index (χ0v) is 49.8. The molecule has 10 aliphatic rings. The number of rotatable bonds is 13. The van der Waals surface area contributed by atoms with Gasteiger partial charge >= 0.3 is 5.97 Å². The van der Waals surface area contributed by atoms with Crippen LogP contribution in [0.2, 0.25) is 0 Å². The number of hydrogen-bond acceptors (Lipinski definition) is 26. The molecule has 15 N–H and O–H groups in total. The number of hydrogen-bond donors (Lipinski definition) is 15. The molecule has 0 radical (unpaired) electrons. The minimum absolute atomic E-state index is 0.119. The van der Waals surface area contributed by atoms with Crippen molar-refractivity contribution in [3.63, 3.8) is 0 Å². The number of carbonyl (C=O) groups excluding carboxylic acids is 1. The van der Waals surface area contributed by atoms with E-state index in [0.717, 1.165) is 25.7 Å². The van der Waals surface area contributed by atoms with E-state index >= 15 is 4.79 Å². The van der Waals surface area contributed by atoms with Gasteiger partial charge in [-0.05, 0) is 116 Å². The molecular formula is C59H96O26. The normalized spacial score (nSPS) is 54.1. The predicted molar refractivity (Wildman–Crippen MR) is 288 cm³/mol. The van der Waals surface area contributed by atoms with Gasteiger partial charge in [0.15, 0.2) is 25.2 Å². The van der Waals surface area contributed by atoms with Gasteiger partial charge in [0.25, 0.3) is 0 Å². The first-order valence-corrected chi connectivity index (χ1v) is 30.6. The Labute approximate surface area is 494 Å². The van der Waals surface area contributed by atoms with E-state index in [1.54, 1.807) is 0 Å². The molecule has 26 heteroatoms. The number of aliphatic hydroxyl groups is 15. The molecule has 0 aromatic carbocycles. The molecule has 5 saturated heterocycles. The maximum absolute atomic E-state index is 15.1. The van der Waals surface area contributed by atoms with Crippen LogP contribution in [0.4, 0.5) is 0 Å². The summed E-state index contributed by atoms with van der Waals surface area (Å²) in [6, 6.07) is 0. The van der Waals surface area contributed by atoms with Crippen molar-refractivity contribution in [2.24, 2.45) is 50.2 Å². The fourth-order valence-electron chi connectivity index (χ4n) is 17.5. The summed E-state index contributed by atoms with van der Waals surface area (Å²) in [5.41, 5.74) is -1.26. The Bertz CT molecular complexity index is 2360. The summed E-state index contributed by atoms with van der Waals surface area (Å²) in [7, 11) is 0. The van der Waals surface area contributed by atoms with Crippen LogP contribution in [0.3, 0.4) is 0 Å². The van der Waals surface area contributed by atoms with Crippen molar-refractivity contribution in [2.75, 3.05) is 26.4 Å². The summed E-state index contributed by atoms with van der Waals surface area (Å²) in [5.74, 6) is -0.517. The highest BCUT2D eigenvalue weighted by atomic mass is 16.8. The molecular weight excluding hydrogens is 1120 g/mol. The van der Waals surface area contributed by atoms with Crippen molar-refractivity contribution in [2.45, 2.75) is 273 Å². The van der Waals surface area contributed by atoms with Gasteiger partial charge in [-0.15, -0.1) is 0 Å². The molecule has 0 amide bonds. The maximum atomic E-state index is 15.1. The fraction of sp³-hybridized carbons (Fsp3) is 0.949. The third-order valence-corrected chi connectivity index (χ3v) is 23.1. The lowest BCUT2D eigenvalue weighted by Crippen LogP contribution is -2.66. The molecule has 0 aromatic rings. The molecule has 4 saturated carbocycles. The van der Waals surface area contributed by atoms with Gasteiger partial charge in [-0.3, -0.25) is 4.79 Å². The molecule has 5 aliphatic carbocycles. The minimum atomic E-state index is -1.85. The van der Waals surface area contributed by atoms with Gasteiger partial charge in [0, 0.05) is 0 Å². The lowest BCUT2D eigenvalue weighted by molar-refractivity contribution is -0.382. The second kappa shape index (κ2) is 24.4. The van der Waals surface area contributed by atoms with Crippen LogP contribution in [-0.4, -0.2) is 263 Å². The minimum Gasteiger partial charge on any atom is -0.432 e. The molecule has 10 rings (SSSR count). The highest BCUT2D eigenvalue weighted by Gasteiger charge is 2.70. The Morgan fingerprint density at radius 1 is 0.553 bits per heavy atom. The third-order valence-electron chi connectivity index (χ3n) is 23.1. The van der Waals surface area contributed by atoms with E-state index in [9.17, 15) is 76.6 Å². The number of esters is 1. The molecule has 9 fully saturated rings. The van der Waals surface area contributed by atoms with E-state index < -0.39 is 190 Å². The number of allylic oxidation sites excluding steroid dienone is 2. The van der Waals surface area contributed by atoms with E-state index in [2.05, 4.69) is 54.5 Å². The molecule has 2 unspecified atom stereocenters. The Kier molecular flexibility index (Phi) is 19.0. The van der Waals surface area contributed by atoms with Gasteiger partial charge in [-0.2, -0.15) is 0 Å². The molecule has 5 heterocycles. The van der Waals surface area contributed by atoms with E-state index in [1.165, 1.54) is 12.5 Å². The van der Waals surface area contributed by atoms with Gasteiger partial charge in [-0.1, -0.05) is 60.1 Å². The summed E-state index contributed by atoms with van der Waals surface area (Å²) in [4.78, 5) is 15.1. The molecule has 0 aromatic heterocycles. The first-order valence-electron chi connectivity index (χ1n) is 30.6. The van der Waals surface area contributed by atoms with Crippen LogP contribution >= 0.6 is 0 Å². The molecule has 32 atom stereocenters. The molecule has 85 heavy (non-hydrogen) atoms. The lowest BCUT2D eigenvalue weighted by atomic mass is 9.33. The van der Waals surface area contributed by atoms with Crippen molar-refractivity contribution in [1.29, 1.82) is 0 Å². The Morgan fingerprint density at radius 2 is 1.12 bits per heavy atom. The Hall–Kier alpha value is -1.75. The first kappa shape index (κ1) is 66.2. The number of carbonyl (C=O) groups is 1. The summed E-state index contributed by atoms with van der Waals surface area (Å²) < 4.78 is 59.7. The van der Waals surface area contributed by atoms with Crippen LogP contribution in [0.1, 0.15) is 120 Å². The average Bonchev–Trinajstić information content (AvgIpc) is 0.688. The summed E-state index contributed by atoms with van der Waals surface area (Å²) in [6.45, 7) is 15.1. The fourth-order valence-corrected chi connectivity index (χ4v) is 17.5. The Balaban J connectivity index is 0.839. The van der Waals surface area contributed by atoms with Crippen LogP contribution in [0, 0.1) is 50.2 Å². The van der Waals surface area contributed by atoms with Crippen LogP contribution < -0.4 is 0 Å². The summed E-state index contributed by atoms with van der Waals surface area (Å²) in [6.07, 6.45) is -29.6. The molecule has 26 nitrogen and oxygen atoms in total. The van der Waals surface area contributed by atoms with Crippen molar-refractivity contribution in [3.8, 4) is 0 Å². The van der Waals surface area contributed by atoms with Crippen LogP contribution in [0.5, 0.6) is 0 Å². The molecule has 0 spiro atoms. The van der Waals surface area contributed by atoms with E-state index in [-0.39, 0.29) is 46.0 Å². The average molecular weight is 1220 g/mol. The second-order valence-corrected chi connectivity index (χ2v) is 28.7. The van der Waals surface area contributed by atoms with Crippen molar-refractivity contribution >= 4 is 5.97 Å². The number of fused-ring (bicyclic) bond motifs is 7. The van der Waals surface area contributed by atoms with Gasteiger partial charge in [0.05, 0.1) is 44.1 Å². The van der Waals surface area contributed by atoms with E-state index in [1.807, 2.05) is 0 Å². The van der Waals surface area contributed by atoms with Gasteiger partial charge in [0.2, 0.25) is 6.29 Å². The zero-order chi connectivity index (χ0) is 62.0. The second-order valence-electron chi connectivity index (χ2n) is 28.7. The predicted octanol–water partition coefficient (Wildman–Crippen LogP) is -2.54. The quantitative estimate of drug-likeness (QED) is 0.0513. The van der Waals surface area contributed by atoms with Gasteiger partial charge in [0.1, 0.15) is 110 Å². The van der Waals surface area contributed by atoms with E-state index in [4.69, 9.17) is 47.4 Å². The topological polar surface area (TPSA) is 413 Å². The molecule has 488 valence electrons. The van der Waals surface area contributed by atoms with Crippen molar-refractivity contribution in [3.05, 3.63) is 11.6 Å². The maximum Gasteiger partial charge on any atom is 0.315 e. The van der Waals surface area contributed by atoms with Gasteiger partial charge in [-0.25, -0.2) is 0 Å². The third kappa shape index (κ3) is 11.2. The smallest absolute Gasteiger partial charge is 0.315 e. The lowest BCUT2D eigenvalue weighted by Gasteiger charge is -2.71. The van der Waals surface area contributed by atoms with Gasteiger partial charge < -0.3 is 124 Å². The first-order chi connectivity index (χ1) is 39.8. The highest BCUT2D eigenvalue weighted by Crippen LogP contribution is 2.76. The van der Waals surface area contributed by atoms with Crippen LogP contribution in [-0.2, 0) is 52.2 Å². The Morgan fingerprint density at radius 3 is 1.76 bits per heavy atom. The van der Waals surface area contributed by atoms with Crippen LogP contribution in [0.15, 0.2) is 11.6 Å². The van der Waals surface area contributed by atoms with Crippen molar-refractivity contribution in [1.82, 2.24) is 0 Å². The summed E-state index contributed by atoms with van der Waals surface area (Å²) >= 11 is 0. The highest BCUT2D eigenvalue weighted by molar-refractivity contribution is 5.79. The van der Waals surface area contributed by atoms with Crippen molar-refractivity contribution < 1.29 is 129 Å². The monoisotopic (exact) mass is 1220 g/mol. The zero-order valence-electron chi connectivity index (χ0n) is 49.8. The number of aliphatic hydroxyl groups excluding tert-OH is 15. The summed E-state index contributed by atoms with van der Waals surface area (Å²) in [5, 5.41) is 161. The molecule has 0 bridgehead atoms. The number of ether oxygens (including phenoxy) is 10.